The maximum absolute atomic E-state index is 9.93. The molecule has 2 aromatic rings. The average Bonchev–Trinajstić information content (AvgIpc) is 2.49. The number of methoxy groups -OCH3 is 1. The Morgan fingerprint density at radius 1 is 1.19 bits per heavy atom. The van der Waals surface area contributed by atoms with Crippen LogP contribution >= 0.6 is 23.2 Å². The number of aromatic hydroxyl groups is 1. The number of phenolic OH excluding ortho intramolecular Hbond substituents is 1. The van der Waals surface area contributed by atoms with Crippen LogP contribution in [-0.2, 0) is 6.54 Å². The Morgan fingerprint density at radius 2 is 1.86 bits per heavy atom. The van der Waals surface area contributed by atoms with Crippen LogP contribution in [0.25, 0.3) is 0 Å². The number of hydrogen-bond donors (Lipinski definition) is 2. The highest BCUT2D eigenvalue weighted by molar-refractivity contribution is 6.35. The number of nitrogens with one attached hydrogen (secondary N) is 1. The molecule has 3 nitrogen and oxygen atoms in total. The molecule has 0 heterocycles. The maximum atomic E-state index is 9.93. The standard InChI is InChI=1S/C16H17Cl2NO2/c1-10(11-3-5-14(21-2)6-4-11)19-9-12-7-13(17)8-15(18)16(12)20/h3-8,10,19-20H,9H2,1-2H3/t10-/m0/s1. The lowest BCUT2D eigenvalue weighted by molar-refractivity contribution is 0.414. The molecule has 5 heteroatoms. The van der Waals surface area contributed by atoms with Gasteiger partial charge in [0.05, 0.1) is 12.1 Å². The van der Waals surface area contributed by atoms with Gasteiger partial charge in [-0.2, -0.15) is 0 Å². The first kappa shape index (κ1) is 16.0. The van der Waals surface area contributed by atoms with Crippen molar-refractivity contribution < 1.29 is 9.84 Å². The fourth-order valence-corrected chi connectivity index (χ4v) is 2.56. The summed E-state index contributed by atoms with van der Waals surface area (Å²) in [5.41, 5.74) is 1.80. The van der Waals surface area contributed by atoms with E-state index in [1.807, 2.05) is 31.2 Å². The second-order valence-corrected chi connectivity index (χ2v) is 5.61. The molecule has 2 rings (SSSR count). The molecule has 21 heavy (non-hydrogen) atoms. The topological polar surface area (TPSA) is 41.5 Å². The van der Waals surface area contributed by atoms with Crippen LogP contribution in [0.3, 0.4) is 0 Å². The van der Waals surface area contributed by atoms with Crippen molar-refractivity contribution >= 4 is 23.2 Å². The highest BCUT2D eigenvalue weighted by atomic mass is 35.5. The largest absolute Gasteiger partial charge is 0.506 e. The first-order valence-corrected chi connectivity index (χ1v) is 7.31. The van der Waals surface area contributed by atoms with Crippen molar-refractivity contribution in [2.75, 3.05) is 7.11 Å². The molecule has 0 aliphatic carbocycles. The van der Waals surface area contributed by atoms with Crippen molar-refractivity contribution in [1.82, 2.24) is 5.32 Å². The third-order valence-electron chi connectivity index (χ3n) is 3.32. The van der Waals surface area contributed by atoms with E-state index in [1.165, 1.54) is 6.07 Å². The lowest BCUT2D eigenvalue weighted by Crippen LogP contribution is -2.18. The Hall–Kier alpha value is -1.42. The zero-order chi connectivity index (χ0) is 15.4. The summed E-state index contributed by atoms with van der Waals surface area (Å²) in [6.07, 6.45) is 0. The molecule has 1 atom stereocenters. The number of benzene rings is 2. The zero-order valence-corrected chi connectivity index (χ0v) is 13.4. The van der Waals surface area contributed by atoms with Crippen molar-refractivity contribution in [2.45, 2.75) is 19.5 Å². The monoisotopic (exact) mass is 325 g/mol. The summed E-state index contributed by atoms with van der Waals surface area (Å²) in [4.78, 5) is 0. The molecule has 0 saturated heterocycles. The summed E-state index contributed by atoms with van der Waals surface area (Å²) >= 11 is 11.9. The molecule has 0 aromatic heterocycles. The Balaban J connectivity index is 2.05. The van der Waals surface area contributed by atoms with Crippen LogP contribution in [0, 0.1) is 0 Å². The fraction of sp³-hybridized carbons (Fsp3) is 0.250. The lowest BCUT2D eigenvalue weighted by atomic mass is 10.1. The van der Waals surface area contributed by atoms with Gasteiger partial charge in [0.2, 0.25) is 0 Å². The minimum Gasteiger partial charge on any atom is -0.506 e. The normalized spacial score (nSPS) is 12.2. The number of halogens is 2. The molecule has 0 saturated carbocycles. The first-order valence-electron chi connectivity index (χ1n) is 6.55. The van der Waals surface area contributed by atoms with Gasteiger partial charge < -0.3 is 15.2 Å². The maximum Gasteiger partial charge on any atom is 0.138 e. The van der Waals surface area contributed by atoms with Crippen LogP contribution in [0.2, 0.25) is 10.0 Å². The molecular weight excluding hydrogens is 309 g/mol. The summed E-state index contributed by atoms with van der Waals surface area (Å²) in [5.74, 6) is 0.890. The molecule has 0 unspecified atom stereocenters. The van der Waals surface area contributed by atoms with E-state index in [2.05, 4.69) is 5.32 Å². The number of phenols is 1. The van der Waals surface area contributed by atoms with Crippen LogP contribution in [0.15, 0.2) is 36.4 Å². The molecule has 0 bridgehead atoms. The van der Waals surface area contributed by atoms with E-state index in [9.17, 15) is 5.11 Å². The Bertz CT molecular complexity index is 614. The van der Waals surface area contributed by atoms with E-state index in [1.54, 1.807) is 13.2 Å². The molecule has 112 valence electrons. The second kappa shape index (κ2) is 7.03. The van der Waals surface area contributed by atoms with Gasteiger partial charge >= 0.3 is 0 Å². The van der Waals surface area contributed by atoms with E-state index in [0.717, 1.165) is 11.3 Å². The summed E-state index contributed by atoms with van der Waals surface area (Å²) in [6, 6.07) is 11.2. The van der Waals surface area contributed by atoms with Gasteiger partial charge in [-0.05, 0) is 36.8 Å². The first-order chi connectivity index (χ1) is 10.0. The van der Waals surface area contributed by atoms with Crippen LogP contribution < -0.4 is 10.1 Å². The average molecular weight is 326 g/mol. The van der Waals surface area contributed by atoms with Crippen LogP contribution in [0.4, 0.5) is 0 Å². The van der Waals surface area contributed by atoms with Crippen molar-refractivity contribution in [3.8, 4) is 11.5 Å². The quantitative estimate of drug-likeness (QED) is 0.846. The van der Waals surface area contributed by atoms with Gasteiger partial charge in [-0.25, -0.2) is 0 Å². The minimum atomic E-state index is 0.0653. The summed E-state index contributed by atoms with van der Waals surface area (Å²) in [5, 5.41) is 14.0. The molecule has 0 amide bonds. The molecule has 0 spiro atoms. The van der Waals surface area contributed by atoms with Gasteiger partial charge in [0, 0.05) is 23.2 Å². The van der Waals surface area contributed by atoms with Gasteiger partial charge in [-0.3, -0.25) is 0 Å². The molecule has 0 aliphatic rings. The minimum absolute atomic E-state index is 0.0653. The van der Waals surface area contributed by atoms with Crippen LogP contribution in [-0.4, -0.2) is 12.2 Å². The van der Waals surface area contributed by atoms with Crippen molar-refractivity contribution in [1.29, 1.82) is 0 Å². The number of hydrogen-bond acceptors (Lipinski definition) is 3. The predicted molar refractivity (Wildman–Crippen MR) is 86.4 cm³/mol. The third kappa shape index (κ3) is 4.03. The summed E-state index contributed by atoms with van der Waals surface area (Å²) < 4.78 is 5.14. The summed E-state index contributed by atoms with van der Waals surface area (Å²) in [7, 11) is 1.64. The SMILES string of the molecule is COc1ccc([C@H](C)NCc2cc(Cl)cc(Cl)c2O)cc1. The molecule has 0 fully saturated rings. The third-order valence-corrected chi connectivity index (χ3v) is 3.83. The van der Waals surface area contributed by atoms with Crippen LogP contribution in [0.1, 0.15) is 24.1 Å². The van der Waals surface area contributed by atoms with Crippen LogP contribution in [0.5, 0.6) is 11.5 Å². The van der Waals surface area contributed by atoms with E-state index >= 15 is 0 Å². The van der Waals surface area contributed by atoms with E-state index in [4.69, 9.17) is 27.9 Å². The van der Waals surface area contributed by atoms with E-state index < -0.39 is 0 Å². The predicted octanol–water partition coefficient (Wildman–Crippen LogP) is 4.56. The molecule has 2 aromatic carbocycles. The Kier molecular flexibility index (Phi) is 5.34. The zero-order valence-electron chi connectivity index (χ0n) is 11.9. The molecular formula is C16H17Cl2NO2. The van der Waals surface area contributed by atoms with Gasteiger partial charge in [-0.1, -0.05) is 35.3 Å². The highest BCUT2D eigenvalue weighted by Gasteiger charge is 2.10. The van der Waals surface area contributed by atoms with Gasteiger partial charge in [0.15, 0.2) is 0 Å². The highest BCUT2D eigenvalue weighted by Crippen LogP contribution is 2.31. The molecule has 2 N–H and O–H groups in total. The van der Waals surface area contributed by atoms with E-state index in [-0.39, 0.29) is 16.8 Å². The van der Waals surface area contributed by atoms with Crippen molar-refractivity contribution in [2.24, 2.45) is 0 Å². The van der Waals surface area contributed by atoms with E-state index in [0.29, 0.717) is 17.1 Å². The number of rotatable bonds is 5. The lowest BCUT2D eigenvalue weighted by Gasteiger charge is -2.16. The molecule has 0 aliphatic heterocycles. The Labute approximate surface area is 134 Å². The van der Waals surface area contributed by atoms with Gasteiger partial charge in [0.25, 0.3) is 0 Å². The Morgan fingerprint density at radius 3 is 2.48 bits per heavy atom. The van der Waals surface area contributed by atoms with Crippen molar-refractivity contribution in [3.63, 3.8) is 0 Å². The van der Waals surface area contributed by atoms with Gasteiger partial charge in [0.1, 0.15) is 11.5 Å². The number of ether oxygens (including phenoxy) is 1. The fourth-order valence-electron chi connectivity index (χ4n) is 2.03. The van der Waals surface area contributed by atoms with Gasteiger partial charge in [-0.15, -0.1) is 0 Å². The summed E-state index contributed by atoms with van der Waals surface area (Å²) in [6.45, 7) is 2.52. The smallest absolute Gasteiger partial charge is 0.138 e. The van der Waals surface area contributed by atoms with Crippen molar-refractivity contribution in [3.05, 3.63) is 57.6 Å². The molecule has 0 radical (unpaired) electrons. The second-order valence-electron chi connectivity index (χ2n) is 4.77.